The Labute approximate surface area is 78.7 Å². The Morgan fingerprint density at radius 3 is 2.64 bits per heavy atom. The predicted octanol–water partition coefficient (Wildman–Crippen LogP) is -1.00. The zero-order chi connectivity index (χ0) is 10.7. The van der Waals surface area contributed by atoms with Crippen molar-refractivity contribution in [2.24, 2.45) is 0 Å². The average molecular weight is 196 g/mol. The normalized spacial score (nSPS) is 14.4. The van der Waals surface area contributed by atoms with E-state index in [1.54, 1.807) is 0 Å². The molecule has 6 heteroatoms. The van der Waals surface area contributed by atoms with Gasteiger partial charge in [0.15, 0.2) is 11.9 Å². The highest BCUT2D eigenvalue weighted by Gasteiger charge is 2.18. The summed E-state index contributed by atoms with van der Waals surface area (Å²) in [7, 11) is 0. The summed E-state index contributed by atoms with van der Waals surface area (Å²) >= 11 is 0. The molecule has 1 heterocycles. The van der Waals surface area contributed by atoms with Crippen molar-refractivity contribution in [3.05, 3.63) is 28.2 Å². The molecular formula is C8H8N2O4. The minimum atomic E-state index is -1.60. The molecule has 0 bridgehead atoms. The second-order valence-electron chi connectivity index (χ2n) is 2.67. The number of aromatic amines is 1. The molecule has 14 heavy (non-hydrogen) atoms. The van der Waals surface area contributed by atoms with Gasteiger partial charge in [0.25, 0.3) is 5.56 Å². The van der Waals surface area contributed by atoms with Crippen molar-refractivity contribution in [1.82, 2.24) is 4.98 Å². The molecule has 0 fully saturated rings. The second kappa shape index (κ2) is 3.91. The zero-order valence-electron chi connectivity index (χ0n) is 7.01. The fourth-order valence-electron chi connectivity index (χ4n) is 0.912. The first-order valence-electron chi connectivity index (χ1n) is 3.73. The molecule has 0 amide bonds. The average Bonchev–Trinajstić information content (AvgIpc) is 2.20. The molecule has 0 saturated carbocycles. The molecule has 4 N–H and O–H groups in total. The quantitative estimate of drug-likeness (QED) is 0.452. The number of hydrogen-bond acceptors (Lipinski definition) is 5. The summed E-state index contributed by atoms with van der Waals surface area (Å²) in [6, 6.07) is 2.42. The number of nitrogens with zero attached hydrogens (tertiary/aromatic N) is 1. The van der Waals surface area contributed by atoms with Gasteiger partial charge in [-0.2, -0.15) is 5.26 Å². The molecule has 74 valence electrons. The van der Waals surface area contributed by atoms with Gasteiger partial charge in [-0.05, 0) is 6.07 Å². The number of nitrogens with one attached hydrogen (secondary N) is 1. The van der Waals surface area contributed by atoms with E-state index in [1.807, 2.05) is 0 Å². The number of nitriles is 1. The Bertz CT molecular complexity index is 420. The summed E-state index contributed by atoms with van der Waals surface area (Å²) in [5, 5.41) is 35.5. The van der Waals surface area contributed by atoms with Crippen LogP contribution >= 0.6 is 0 Å². The van der Waals surface area contributed by atoms with Gasteiger partial charge >= 0.3 is 0 Å². The van der Waals surface area contributed by atoms with Crippen molar-refractivity contribution in [3.63, 3.8) is 0 Å². The molecule has 2 unspecified atom stereocenters. The van der Waals surface area contributed by atoms with E-state index in [-0.39, 0.29) is 5.56 Å². The lowest BCUT2D eigenvalue weighted by Crippen LogP contribution is -2.17. The number of aromatic nitrogens is 1. The third-order valence-electron chi connectivity index (χ3n) is 1.68. The molecule has 0 saturated heterocycles. The van der Waals surface area contributed by atoms with Crippen LogP contribution in [-0.2, 0) is 0 Å². The lowest BCUT2D eigenvalue weighted by Gasteiger charge is -2.11. The maximum Gasteiger partial charge on any atom is 0.290 e. The van der Waals surface area contributed by atoms with Crippen LogP contribution in [0.25, 0.3) is 0 Å². The standard InChI is InChI=1S/C8H8N2O4/c9-2-6(12)7(13)4-1-5(11)8(14)10-3-4/h1,3,6-7,11-13H,(H,10,14). The SMILES string of the molecule is N#CC(O)C(O)c1c[nH]c(=O)c(O)c1. The molecule has 1 rings (SSSR count). The van der Waals surface area contributed by atoms with Crippen LogP contribution in [0.4, 0.5) is 0 Å². The molecule has 0 aliphatic carbocycles. The highest BCUT2D eigenvalue weighted by molar-refractivity contribution is 5.25. The lowest BCUT2D eigenvalue weighted by molar-refractivity contribution is 0.0524. The molecule has 0 radical (unpaired) electrons. The van der Waals surface area contributed by atoms with Crippen LogP contribution in [0.1, 0.15) is 11.7 Å². The number of aliphatic hydroxyl groups excluding tert-OH is 2. The third kappa shape index (κ3) is 1.90. The summed E-state index contributed by atoms with van der Waals surface area (Å²) in [6.07, 6.45) is -1.93. The van der Waals surface area contributed by atoms with Gasteiger partial charge < -0.3 is 20.3 Å². The smallest absolute Gasteiger partial charge is 0.290 e. The molecule has 2 atom stereocenters. The van der Waals surface area contributed by atoms with E-state index in [2.05, 4.69) is 4.98 Å². The molecule has 0 aliphatic heterocycles. The number of rotatable bonds is 2. The van der Waals surface area contributed by atoms with Crippen LogP contribution in [0, 0.1) is 11.3 Å². The number of hydrogen-bond donors (Lipinski definition) is 4. The Morgan fingerprint density at radius 2 is 2.14 bits per heavy atom. The van der Waals surface area contributed by atoms with Crippen LogP contribution in [-0.4, -0.2) is 26.4 Å². The highest BCUT2D eigenvalue weighted by atomic mass is 16.3. The number of aromatic hydroxyl groups is 1. The summed E-state index contributed by atoms with van der Waals surface area (Å²) < 4.78 is 0. The first kappa shape index (κ1) is 10.2. The topological polar surface area (TPSA) is 117 Å². The summed E-state index contributed by atoms with van der Waals surface area (Å²) in [5.41, 5.74) is -0.636. The van der Waals surface area contributed by atoms with E-state index in [0.29, 0.717) is 0 Å². The molecule has 0 spiro atoms. The van der Waals surface area contributed by atoms with Gasteiger partial charge in [0.2, 0.25) is 0 Å². The predicted molar refractivity (Wildman–Crippen MR) is 45.3 cm³/mol. The van der Waals surface area contributed by atoms with Crippen molar-refractivity contribution in [2.75, 3.05) is 0 Å². The van der Waals surface area contributed by atoms with E-state index >= 15 is 0 Å². The van der Waals surface area contributed by atoms with E-state index in [0.717, 1.165) is 12.3 Å². The highest BCUT2D eigenvalue weighted by Crippen LogP contribution is 2.17. The fraction of sp³-hybridized carbons (Fsp3) is 0.250. The first-order chi connectivity index (χ1) is 6.56. The Kier molecular flexibility index (Phi) is 2.86. The minimum Gasteiger partial charge on any atom is -0.503 e. The van der Waals surface area contributed by atoms with Gasteiger partial charge in [-0.1, -0.05) is 0 Å². The Balaban J connectivity index is 3.04. The molecule has 0 aliphatic rings. The molecule has 1 aromatic heterocycles. The lowest BCUT2D eigenvalue weighted by atomic mass is 10.1. The third-order valence-corrected chi connectivity index (χ3v) is 1.68. The molecular weight excluding hydrogens is 188 g/mol. The zero-order valence-corrected chi connectivity index (χ0v) is 7.01. The van der Waals surface area contributed by atoms with E-state index in [9.17, 15) is 9.90 Å². The second-order valence-corrected chi connectivity index (χ2v) is 2.67. The van der Waals surface area contributed by atoms with Crippen LogP contribution in [0.3, 0.4) is 0 Å². The van der Waals surface area contributed by atoms with Gasteiger partial charge in [-0.15, -0.1) is 0 Å². The summed E-state index contributed by atoms with van der Waals surface area (Å²) in [5.74, 6) is -0.577. The van der Waals surface area contributed by atoms with E-state index in [4.69, 9.17) is 15.5 Å². The van der Waals surface area contributed by atoms with Gasteiger partial charge in [0.05, 0.1) is 6.07 Å². The van der Waals surface area contributed by atoms with Gasteiger partial charge in [0.1, 0.15) is 6.10 Å². The van der Waals surface area contributed by atoms with E-state index < -0.39 is 23.5 Å². The van der Waals surface area contributed by atoms with Gasteiger partial charge in [-0.25, -0.2) is 0 Å². The Morgan fingerprint density at radius 1 is 1.50 bits per heavy atom. The summed E-state index contributed by atoms with van der Waals surface area (Å²) in [6.45, 7) is 0. The Hall–Kier alpha value is -1.84. The van der Waals surface area contributed by atoms with Crippen LogP contribution in [0.2, 0.25) is 0 Å². The first-order valence-corrected chi connectivity index (χ1v) is 3.73. The largest absolute Gasteiger partial charge is 0.503 e. The van der Waals surface area contributed by atoms with Crippen LogP contribution < -0.4 is 5.56 Å². The van der Waals surface area contributed by atoms with Crippen molar-refractivity contribution >= 4 is 0 Å². The fourth-order valence-corrected chi connectivity index (χ4v) is 0.912. The van der Waals surface area contributed by atoms with Crippen molar-refractivity contribution in [2.45, 2.75) is 12.2 Å². The van der Waals surface area contributed by atoms with Crippen molar-refractivity contribution in [1.29, 1.82) is 5.26 Å². The minimum absolute atomic E-state index is 0.0659. The van der Waals surface area contributed by atoms with E-state index in [1.165, 1.54) is 6.07 Å². The van der Waals surface area contributed by atoms with Crippen LogP contribution in [0.5, 0.6) is 5.75 Å². The number of H-pyrrole nitrogens is 1. The number of aliphatic hydroxyl groups is 2. The molecule has 6 nitrogen and oxygen atoms in total. The van der Waals surface area contributed by atoms with Gasteiger partial charge in [-0.3, -0.25) is 4.79 Å². The monoisotopic (exact) mass is 196 g/mol. The van der Waals surface area contributed by atoms with Gasteiger partial charge in [0, 0.05) is 11.8 Å². The number of pyridine rings is 1. The molecule has 0 aromatic carbocycles. The maximum absolute atomic E-state index is 10.7. The summed E-state index contributed by atoms with van der Waals surface area (Å²) in [4.78, 5) is 12.9. The maximum atomic E-state index is 10.7. The molecule has 1 aromatic rings. The van der Waals surface area contributed by atoms with Crippen molar-refractivity contribution < 1.29 is 15.3 Å². The van der Waals surface area contributed by atoms with Crippen molar-refractivity contribution in [3.8, 4) is 11.8 Å². The van der Waals surface area contributed by atoms with Crippen LogP contribution in [0.15, 0.2) is 17.1 Å².